The third-order valence-corrected chi connectivity index (χ3v) is 4.17. The van der Waals surface area contributed by atoms with E-state index in [-0.39, 0.29) is 18.1 Å². The molecule has 2 rings (SSSR count). The van der Waals surface area contributed by atoms with Crippen molar-refractivity contribution in [2.75, 3.05) is 0 Å². The molecule has 0 fully saturated rings. The quantitative estimate of drug-likeness (QED) is 0.698. The van der Waals surface area contributed by atoms with Crippen molar-refractivity contribution in [3.63, 3.8) is 0 Å². The Morgan fingerprint density at radius 2 is 2.09 bits per heavy atom. The first-order valence-electron chi connectivity index (χ1n) is 7.68. The van der Waals surface area contributed by atoms with Crippen LogP contribution in [-0.2, 0) is 22.6 Å². The maximum atomic E-state index is 12.0. The predicted molar refractivity (Wildman–Crippen MR) is 85.1 cm³/mol. The molecule has 0 spiro atoms. The molecule has 0 radical (unpaired) electrons. The van der Waals surface area contributed by atoms with Gasteiger partial charge in [-0.3, -0.25) is 9.59 Å². The Labute approximate surface area is 133 Å². The van der Waals surface area contributed by atoms with Gasteiger partial charge >= 0.3 is 5.97 Å². The monoisotopic (exact) mass is 323 g/mol. The van der Waals surface area contributed by atoms with E-state index in [0.717, 1.165) is 37.1 Å². The molecular weight excluding hydrogens is 302 g/mol. The van der Waals surface area contributed by atoms with Crippen LogP contribution < -0.4 is 5.56 Å². The average Bonchev–Trinajstić information content (AvgIpc) is 2.92. The lowest BCUT2D eigenvalue weighted by Crippen LogP contribution is -2.16. The number of aryl methyl sites for hydroxylation is 1. The molecule has 2 aromatic rings. The van der Waals surface area contributed by atoms with E-state index in [0.29, 0.717) is 17.1 Å². The fourth-order valence-corrected chi connectivity index (χ4v) is 2.91. The van der Waals surface area contributed by atoms with Crippen molar-refractivity contribution in [1.82, 2.24) is 14.6 Å². The summed E-state index contributed by atoms with van der Waals surface area (Å²) in [5, 5.41) is 5.19. The van der Waals surface area contributed by atoms with Gasteiger partial charge < -0.3 is 4.74 Å². The maximum Gasteiger partial charge on any atom is 0.306 e. The molecule has 2 heterocycles. The van der Waals surface area contributed by atoms with E-state index in [1.54, 1.807) is 0 Å². The van der Waals surface area contributed by atoms with Crippen molar-refractivity contribution in [2.24, 2.45) is 0 Å². The molecule has 22 heavy (non-hydrogen) atoms. The number of ether oxygens (including phenoxy) is 1. The van der Waals surface area contributed by atoms with Gasteiger partial charge in [-0.2, -0.15) is 9.61 Å². The molecule has 0 N–H and O–H groups in total. The molecule has 0 bridgehead atoms. The van der Waals surface area contributed by atoms with E-state index in [9.17, 15) is 9.59 Å². The van der Waals surface area contributed by atoms with E-state index in [1.807, 2.05) is 6.92 Å². The first kappa shape index (κ1) is 16.6. The number of nitrogens with zero attached hydrogens (tertiary/aromatic N) is 3. The highest BCUT2D eigenvalue weighted by Crippen LogP contribution is 2.14. The second kappa shape index (κ2) is 8.03. The van der Waals surface area contributed by atoms with Crippen LogP contribution in [0.5, 0.6) is 0 Å². The molecule has 0 amide bonds. The van der Waals surface area contributed by atoms with Crippen LogP contribution in [0.4, 0.5) is 0 Å². The third kappa shape index (κ3) is 4.37. The van der Waals surface area contributed by atoms with Gasteiger partial charge in [0.05, 0.1) is 5.69 Å². The Kier molecular flexibility index (Phi) is 6.06. The van der Waals surface area contributed by atoms with E-state index in [2.05, 4.69) is 17.0 Å². The number of aromatic nitrogens is 3. The van der Waals surface area contributed by atoms with Crippen molar-refractivity contribution in [2.45, 2.75) is 59.0 Å². The number of rotatable bonds is 8. The predicted octanol–water partition coefficient (Wildman–Crippen LogP) is 2.73. The number of carbonyl (C=O) groups is 1. The van der Waals surface area contributed by atoms with Crippen molar-refractivity contribution in [3.8, 4) is 0 Å². The molecule has 120 valence electrons. The molecule has 7 heteroatoms. The van der Waals surface area contributed by atoms with Gasteiger partial charge in [-0.1, -0.05) is 38.0 Å². The number of fused-ring (bicyclic) bond motifs is 1. The minimum absolute atomic E-state index is 0.0382. The summed E-state index contributed by atoms with van der Waals surface area (Å²) in [5.74, 6) is -0.253. The van der Waals surface area contributed by atoms with Crippen LogP contribution in [0, 0.1) is 0 Å². The second-order valence-corrected chi connectivity index (χ2v) is 6.18. The lowest BCUT2D eigenvalue weighted by atomic mass is 10.2. The molecule has 0 saturated carbocycles. The van der Waals surface area contributed by atoms with E-state index in [4.69, 9.17) is 4.74 Å². The smallest absolute Gasteiger partial charge is 0.306 e. The molecule has 0 saturated heterocycles. The van der Waals surface area contributed by atoms with Gasteiger partial charge in [0.15, 0.2) is 0 Å². The molecule has 0 aliphatic rings. The van der Waals surface area contributed by atoms with Gasteiger partial charge in [0.2, 0.25) is 4.96 Å². The van der Waals surface area contributed by atoms with Gasteiger partial charge in [-0.15, -0.1) is 0 Å². The number of unbranched alkanes of at least 4 members (excludes halogenated alkanes) is 2. The van der Waals surface area contributed by atoms with Gasteiger partial charge in [0.25, 0.3) is 5.56 Å². The molecule has 2 aromatic heterocycles. The summed E-state index contributed by atoms with van der Waals surface area (Å²) in [5.41, 5.74) is 0.240. The van der Waals surface area contributed by atoms with Crippen LogP contribution in [0.2, 0.25) is 0 Å². The number of hydrogen-bond acceptors (Lipinski definition) is 6. The Hall–Kier alpha value is -1.76. The minimum atomic E-state index is -0.253. The highest BCUT2D eigenvalue weighted by atomic mass is 32.1. The zero-order valence-electron chi connectivity index (χ0n) is 13.0. The first-order valence-corrected chi connectivity index (χ1v) is 8.50. The fourth-order valence-electron chi connectivity index (χ4n) is 1.95. The standard InChI is InChI=1S/C15H21N3O3S/c1-3-5-7-12-17-18-13(19)9-11(16-15(18)22-12)10-21-14(20)8-6-4-2/h9H,3-8,10H2,1-2H3. The molecule has 0 aliphatic heterocycles. The van der Waals surface area contributed by atoms with Gasteiger partial charge in [-0.25, -0.2) is 4.98 Å². The molecule has 0 aliphatic carbocycles. The summed E-state index contributed by atoms with van der Waals surface area (Å²) < 4.78 is 6.46. The summed E-state index contributed by atoms with van der Waals surface area (Å²) >= 11 is 1.41. The highest BCUT2D eigenvalue weighted by molar-refractivity contribution is 7.16. The fraction of sp³-hybridized carbons (Fsp3) is 0.600. The normalized spacial score (nSPS) is 11.0. The van der Waals surface area contributed by atoms with Crippen molar-refractivity contribution in [1.29, 1.82) is 0 Å². The van der Waals surface area contributed by atoms with Crippen LogP contribution in [0.25, 0.3) is 4.96 Å². The zero-order chi connectivity index (χ0) is 15.9. The van der Waals surface area contributed by atoms with Crippen molar-refractivity contribution in [3.05, 3.63) is 27.1 Å². The first-order chi connectivity index (χ1) is 10.6. The molecule has 0 aromatic carbocycles. The van der Waals surface area contributed by atoms with Crippen LogP contribution in [0.1, 0.15) is 56.7 Å². The summed E-state index contributed by atoms with van der Waals surface area (Å²) in [6.45, 7) is 4.17. The Balaban J connectivity index is 2.08. The summed E-state index contributed by atoms with van der Waals surface area (Å²) in [6.07, 6.45) is 5.13. The Bertz CT molecular complexity index is 693. The largest absolute Gasteiger partial charge is 0.459 e. The van der Waals surface area contributed by atoms with E-state index < -0.39 is 0 Å². The summed E-state index contributed by atoms with van der Waals surface area (Å²) in [4.78, 5) is 28.4. The van der Waals surface area contributed by atoms with E-state index >= 15 is 0 Å². The molecule has 6 nitrogen and oxygen atoms in total. The van der Waals surface area contributed by atoms with Crippen molar-refractivity contribution < 1.29 is 9.53 Å². The SMILES string of the molecule is CCCCC(=O)OCc1cc(=O)n2nc(CCCC)sc2n1. The highest BCUT2D eigenvalue weighted by Gasteiger charge is 2.10. The Morgan fingerprint density at radius 1 is 1.32 bits per heavy atom. The van der Waals surface area contributed by atoms with Gasteiger partial charge in [0, 0.05) is 18.9 Å². The number of esters is 1. The lowest BCUT2D eigenvalue weighted by molar-refractivity contribution is -0.145. The topological polar surface area (TPSA) is 73.6 Å². The lowest BCUT2D eigenvalue weighted by Gasteiger charge is -2.03. The molecule has 0 atom stereocenters. The van der Waals surface area contributed by atoms with E-state index in [1.165, 1.54) is 21.9 Å². The Morgan fingerprint density at radius 3 is 2.82 bits per heavy atom. The van der Waals surface area contributed by atoms with Crippen LogP contribution in [0.15, 0.2) is 10.9 Å². The van der Waals surface area contributed by atoms with Crippen molar-refractivity contribution >= 4 is 22.3 Å². The molecular formula is C15H21N3O3S. The third-order valence-electron chi connectivity index (χ3n) is 3.20. The van der Waals surface area contributed by atoms with Crippen LogP contribution in [-0.4, -0.2) is 20.6 Å². The number of hydrogen-bond donors (Lipinski definition) is 0. The van der Waals surface area contributed by atoms with Crippen LogP contribution in [0.3, 0.4) is 0 Å². The average molecular weight is 323 g/mol. The minimum Gasteiger partial charge on any atom is -0.459 e. The van der Waals surface area contributed by atoms with Gasteiger partial charge in [-0.05, 0) is 12.8 Å². The molecule has 0 unspecified atom stereocenters. The summed E-state index contributed by atoms with van der Waals surface area (Å²) in [6, 6.07) is 1.38. The summed E-state index contributed by atoms with van der Waals surface area (Å²) in [7, 11) is 0. The number of carbonyl (C=O) groups excluding carboxylic acids is 1. The maximum absolute atomic E-state index is 12.0. The van der Waals surface area contributed by atoms with Crippen LogP contribution >= 0.6 is 11.3 Å². The second-order valence-electron chi connectivity index (χ2n) is 5.14. The van der Waals surface area contributed by atoms with Gasteiger partial charge in [0.1, 0.15) is 11.6 Å². The zero-order valence-corrected chi connectivity index (χ0v) is 13.8.